The molecular formula is C21H28N2O2S. The third-order valence-corrected chi connectivity index (χ3v) is 7.32. The number of allylic oxidation sites excluding steroid dienone is 2. The molecule has 3 heterocycles. The number of piperidine rings is 2. The number of amides is 2. The summed E-state index contributed by atoms with van der Waals surface area (Å²) in [6, 6.07) is 2.12. The molecule has 1 aromatic heterocycles. The van der Waals surface area contributed by atoms with Gasteiger partial charge in [0.05, 0.1) is 5.56 Å². The van der Waals surface area contributed by atoms with Crippen LogP contribution in [0.15, 0.2) is 23.2 Å². The van der Waals surface area contributed by atoms with Crippen LogP contribution < -0.4 is 0 Å². The minimum absolute atomic E-state index is 0.172. The molecule has 2 fully saturated rings. The largest absolute Gasteiger partial charge is 0.343 e. The van der Waals surface area contributed by atoms with Gasteiger partial charge in [0.2, 0.25) is 5.91 Å². The number of carbonyl (C=O) groups is 2. The summed E-state index contributed by atoms with van der Waals surface area (Å²) in [5.74, 6) is 1.44. The Kier molecular flexibility index (Phi) is 5.16. The standard InChI is InChI=1S/C21H28N2O2S/c1-15(24)22-11-8-17(9-12-22)20-13-18(14-26-20)21(25)23-10-4-6-16-5-2-3-7-19(16)23/h7,13-14,16-17H,2-6,8-12H2,1H3. The fourth-order valence-electron chi connectivity index (χ4n) is 4.71. The minimum Gasteiger partial charge on any atom is -0.343 e. The summed E-state index contributed by atoms with van der Waals surface area (Å²) < 4.78 is 0. The van der Waals surface area contributed by atoms with Crippen LogP contribution in [0.4, 0.5) is 0 Å². The van der Waals surface area contributed by atoms with Crippen molar-refractivity contribution in [2.24, 2.45) is 5.92 Å². The molecule has 0 N–H and O–H groups in total. The lowest BCUT2D eigenvalue weighted by Crippen LogP contribution is -2.38. The second kappa shape index (κ2) is 7.55. The maximum atomic E-state index is 13.1. The van der Waals surface area contributed by atoms with Crippen LogP contribution in [0.5, 0.6) is 0 Å². The Balaban J connectivity index is 1.45. The molecular weight excluding hydrogens is 344 g/mol. The summed E-state index contributed by atoms with van der Waals surface area (Å²) in [6.45, 7) is 4.18. The summed E-state index contributed by atoms with van der Waals surface area (Å²) in [7, 11) is 0. The third-order valence-electron chi connectivity index (χ3n) is 6.23. The van der Waals surface area contributed by atoms with E-state index in [0.717, 1.165) is 50.9 Å². The smallest absolute Gasteiger partial charge is 0.258 e. The van der Waals surface area contributed by atoms with E-state index in [1.54, 1.807) is 18.3 Å². The zero-order valence-electron chi connectivity index (χ0n) is 15.6. The van der Waals surface area contributed by atoms with Gasteiger partial charge in [-0.2, -0.15) is 0 Å². The van der Waals surface area contributed by atoms with E-state index in [2.05, 4.69) is 17.0 Å². The number of hydrogen-bond acceptors (Lipinski definition) is 3. The van der Waals surface area contributed by atoms with Gasteiger partial charge < -0.3 is 9.80 Å². The van der Waals surface area contributed by atoms with E-state index in [1.807, 2.05) is 10.3 Å². The monoisotopic (exact) mass is 372 g/mol. The van der Waals surface area contributed by atoms with Crippen molar-refractivity contribution in [3.8, 4) is 0 Å². The highest BCUT2D eigenvalue weighted by Gasteiger charge is 2.31. The van der Waals surface area contributed by atoms with E-state index in [0.29, 0.717) is 11.8 Å². The molecule has 2 amide bonds. The molecule has 3 aliphatic rings. The summed E-state index contributed by atoms with van der Waals surface area (Å²) in [4.78, 5) is 29.9. The van der Waals surface area contributed by atoms with Gasteiger partial charge in [-0.3, -0.25) is 9.59 Å². The molecule has 140 valence electrons. The molecule has 0 spiro atoms. The molecule has 0 saturated carbocycles. The molecule has 5 heteroatoms. The summed E-state index contributed by atoms with van der Waals surface area (Å²) in [5.41, 5.74) is 2.14. The van der Waals surface area contributed by atoms with Crippen molar-refractivity contribution in [2.75, 3.05) is 19.6 Å². The van der Waals surface area contributed by atoms with Crippen molar-refractivity contribution < 1.29 is 9.59 Å². The van der Waals surface area contributed by atoms with E-state index in [1.165, 1.54) is 29.8 Å². The van der Waals surface area contributed by atoms with Gasteiger partial charge in [0, 0.05) is 42.5 Å². The van der Waals surface area contributed by atoms with E-state index in [4.69, 9.17) is 0 Å². The van der Waals surface area contributed by atoms with Crippen molar-refractivity contribution >= 4 is 23.2 Å². The van der Waals surface area contributed by atoms with Crippen LogP contribution >= 0.6 is 11.3 Å². The number of likely N-dealkylation sites (tertiary alicyclic amines) is 2. The highest BCUT2D eigenvalue weighted by Crippen LogP contribution is 2.37. The molecule has 1 aromatic rings. The molecule has 2 aliphatic heterocycles. The quantitative estimate of drug-likeness (QED) is 0.772. The molecule has 4 nitrogen and oxygen atoms in total. The molecule has 1 atom stereocenters. The lowest BCUT2D eigenvalue weighted by Gasteiger charge is -2.37. The van der Waals surface area contributed by atoms with Crippen LogP contribution in [0.3, 0.4) is 0 Å². The number of carbonyl (C=O) groups excluding carboxylic acids is 2. The van der Waals surface area contributed by atoms with Gasteiger partial charge in [0.1, 0.15) is 0 Å². The van der Waals surface area contributed by atoms with Crippen LogP contribution in [0.1, 0.15) is 73.0 Å². The number of fused-ring (bicyclic) bond motifs is 1. The first-order valence-corrected chi connectivity index (χ1v) is 10.9. The van der Waals surface area contributed by atoms with Crippen LogP contribution in [0, 0.1) is 5.92 Å². The van der Waals surface area contributed by atoms with E-state index >= 15 is 0 Å². The average Bonchev–Trinajstić information content (AvgIpc) is 3.17. The van der Waals surface area contributed by atoms with E-state index in [9.17, 15) is 9.59 Å². The minimum atomic E-state index is 0.172. The summed E-state index contributed by atoms with van der Waals surface area (Å²) in [5, 5.41) is 2.04. The second-order valence-corrected chi connectivity index (χ2v) is 8.82. The van der Waals surface area contributed by atoms with Crippen LogP contribution in [0.2, 0.25) is 0 Å². The zero-order chi connectivity index (χ0) is 18.1. The summed E-state index contributed by atoms with van der Waals surface area (Å²) >= 11 is 1.72. The van der Waals surface area contributed by atoms with Gasteiger partial charge >= 0.3 is 0 Å². The Morgan fingerprint density at radius 3 is 2.58 bits per heavy atom. The zero-order valence-corrected chi connectivity index (χ0v) is 16.4. The Morgan fingerprint density at radius 1 is 1.04 bits per heavy atom. The molecule has 0 bridgehead atoms. The number of rotatable bonds is 2. The van der Waals surface area contributed by atoms with Gasteiger partial charge in [-0.15, -0.1) is 11.3 Å². The first-order chi connectivity index (χ1) is 12.6. The summed E-state index contributed by atoms with van der Waals surface area (Å²) in [6.07, 6.45) is 10.3. The highest BCUT2D eigenvalue weighted by molar-refractivity contribution is 7.10. The van der Waals surface area contributed by atoms with Crippen molar-refractivity contribution in [3.63, 3.8) is 0 Å². The molecule has 1 aliphatic carbocycles. The fraction of sp³-hybridized carbons (Fsp3) is 0.619. The third kappa shape index (κ3) is 3.46. The molecule has 0 aromatic carbocycles. The number of nitrogens with zero attached hydrogens (tertiary/aromatic N) is 2. The van der Waals surface area contributed by atoms with Crippen molar-refractivity contribution in [1.82, 2.24) is 9.80 Å². The van der Waals surface area contributed by atoms with E-state index in [-0.39, 0.29) is 11.8 Å². The normalized spacial score (nSPS) is 24.2. The lowest BCUT2D eigenvalue weighted by atomic mass is 9.84. The molecule has 2 saturated heterocycles. The number of hydrogen-bond donors (Lipinski definition) is 0. The topological polar surface area (TPSA) is 40.6 Å². The molecule has 0 radical (unpaired) electrons. The van der Waals surface area contributed by atoms with Crippen molar-refractivity contribution in [3.05, 3.63) is 33.7 Å². The van der Waals surface area contributed by atoms with Crippen LogP contribution in [-0.4, -0.2) is 41.2 Å². The maximum absolute atomic E-state index is 13.1. The van der Waals surface area contributed by atoms with E-state index < -0.39 is 0 Å². The Labute approximate surface area is 159 Å². The van der Waals surface area contributed by atoms with Gasteiger partial charge in [-0.05, 0) is 62.8 Å². The fourth-order valence-corrected chi connectivity index (χ4v) is 5.76. The Hall–Kier alpha value is -1.62. The Morgan fingerprint density at radius 2 is 1.81 bits per heavy atom. The first kappa shape index (κ1) is 17.8. The van der Waals surface area contributed by atoms with Gasteiger partial charge in [-0.1, -0.05) is 6.08 Å². The molecule has 26 heavy (non-hydrogen) atoms. The van der Waals surface area contributed by atoms with Gasteiger partial charge in [0.15, 0.2) is 0 Å². The Bertz CT molecular complexity index is 715. The van der Waals surface area contributed by atoms with Crippen LogP contribution in [0.25, 0.3) is 0 Å². The second-order valence-electron chi connectivity index (χ2n) is 7.87. The predicted molar refractivity (Wildman–Crippen MR) is 104 cm³/mol. The lowest BCUT2D eigenvalue weighted by molar-refractivity contribution is -0.129. The molecule has 4 rings (SSSR count). The first-order valence-electron chi connectivity index (χ1n) is 9.99. The number of thiophene rings is 1. The SMILES string of the molecule is CC(=O)N1CCC(c2cc(C(=O)N3CCCC4CCCC=C43)cs2)CC1. The predicted octanol–water partition coefficient (Wildman–Crippen LogP) is 4.39. The average molecular weight is 373 g/mol. The van der Waals surface area contributed by atoms with Crippen molar-refractivity contribution in [1.29, 1.82) is 0 Å². The molecule has 1 unspecified atom stereocenters. The van der Waals surface area contributed by atoms with Gasteiger partial charge in [0.25, 0.3) is 5.91 Å². The highest BCUT2D eigenvalue weighted by atomic mass is 32.1. The maximum Gasteiger partial charge on any atom is 0.258 e. The van der Waals surface area contributed by atoms with Crippen molar-refractivity contribution in [2.45, 2.75) is 57.8 Å². The van der Waals surface area contributed by atoms with Crippen LogP contribution in [-0.2, 0) is 4.79 Å². The van der Waals surface area contributed by atoms with Gasteiger partial charge in [-0.25, -0.2) is 0 Å².